The Morgan fingerprint density at radius 2 is 1.85 bits per heavy atom. The molecule has 0 radical (unpaired) electrons. The number of carbonyl (C=O) groups excluding carboxylic acids is 1. The van der Waals surface area contributed by atoms with Gasteiger partial charge in [0.15, 0.2) is 0 Å². The Balaban J connectivity index is 1.55. The van der Waals surface area contributed by atoms with E-state index >= 15 is 0 Å². The highest BCUT2D eigenvalue weighted by Crippen LogP contribution is 2.29. The number of carbonyl (C=O) groups is 1. The van der Waals surface area contributed by atoms with E-state index in [0.717, 1.165) is 32.2 Å². The van der Waals surface area contributed by atoms with Gasteiger partial charge in [0.2, 0.25) is 11.9 Å². The number of fused-ring (bicyclic) bond motifs is 1. The van der Waals surface area contributed by atoms with Gasteiger partial charge in [0, 0.05) is 10.4 Å². The van der Waals surface area contributed by atoms with Gasteiger partial charge in [0.1, 0.15) is 0 Å². The monoisotopic (exact) mass is 362 g/mol. The minimum Gasteiger partial charge on any atom is -0.324 e. The van der Waals surface area contributed by atoms with Gasteiger partial charge >= 0.3 is 0 Å². The first-order valence-electron chi connectivity index (χ1n) is 8.36. The second-order valence-corrected chi connectivity index (χ2v) is 7.49. The van der Waals surface area contributed by atoms with Gasteiger partial charge in [0.05, 0.1) is 28.2 Å². The van der Waals surface area contributed by atoms with Crippen LogP contribution in [0.25, 0.3) is 22.3 Å². The highest BCUT2D eigenvalue weighted by atomic mass is 32.1. The highest BCUT2D eigenvalue weighted by Gasteiger charge is 2.16. The maximum Gasteiger partial charge on any atom is 0.232 e. The minimum absolute atomic E-state index is 0.110. The van der Waals surface area contributed by atoms with Gasteiger partial charge in [-0.15, -0.1) is 11.3 Å². The first-order valence-corrected chi connectivity index (χ1v) is 9.18. The Labute approximate surface area is 155 Å². The maximum atomic E-state index is 12.5. The van der Waals surface area contributed by atoms with Crippen LogP contribution in [0.5, 0.6) is 0 Å². The van der Waals surface area contributed by atoms with Gasteiger partial charge < -0.3 is 4.98 Å². The largest absolute Gasteiger partial charge is 0.324 e. The Hall–Kier alpha value is -2.99. The van der Waals surface area contributed by atoms with Crippen LogP contribution in [0, 0.1) is 13.8 Å². The molecule has 0 bridgehead atoms. The van der Waals surface area contributed by atoms with Crippen molar-refractivity contribution in [2.75, 3.05) is 5.32 Å². The van der Waals surface area contributed by atoms with Gasteiger partial charge in [-0.3, -0.25) is 10.1 Å². The lowest BCUT2D eigenvalue weighted by molar-refractivity contribution is -0.115. The van der Waals surface area contributed by atoms with E-state index in [0.29, 0.717) is 5.95 Å². The fourth-order valence-electron chi connectivity index (χ4n) is 2.86. The number of rotatable bonds is 4. The quantitative estimate of drug-likeness (QED) is 0.562. The van der Waals surface area contributed by atoms with Gasteiger partial charge in [-0.25, -0.2) is 9.97 Å². The molecule has 0 fully saturated rings. The van der Waals surface area contributed by atoms with Crippen molar-refractivity contribution in [2.24, 2.45) is 0 Å². The molecular formula is C20H18N4OS. The summed E-state index contributed by atoms with van der Waals surface area (Å²) in [6.07, 6.45) is 0.270. The predicted molar refractivity (Wildman–Crippen MR) is 105 cm³/mol. The molecule has 2 N–H and O–H groups in total. The predicted octanol–water partition coefficient (Wildman–Crippen LogP) is 4.48. The van der Waals surface area contributed by atoms with E-state index in [-0.39, 0.29) is 12.3 Å². The number of nitrogens with one attached hydrogen (secondary N) is 2. The van der Waals surface area contributed by atoms with Crippen LogP contribution in [-0.2, 0) is 11.2 Å². The number of nitrogens with zero attached hydrogens (tertiary/aromatic N) is 2. The third kappa shape index (κ3) is 3.36. The van der Waals surface area contributed by atoms with E-state index < -0.39 is 0 Å². The molecule has 0 saturated heterocycles. The van der Waals surface area contributed by atoms with Crippen molar-refractivity contribution in [2.45, 2.75) is 20.3 Å². The first kappa shape index (κ1) is 16.5. The summed E-state index contributed by atoms with van der Waals surface area (Å²) in [4.78, 5) is 25.6. The van der Waals surface area contributed by atoms with Crippen molar-refractivity contribution in [3.63, 3.8) is 0 Å². The molecule has 0 unspecified atom stereocenters. The van der Waals surface area contributed by atoms with Crippen molar-refractivity contribution in [1.29, 1.82) is 0 Å². The zero-order chi connectivity index (χ0) is 18.1. The van der Waals surface area contributed by atoms with Crippen molar-refractivity contribution >= 4 is 34.2 Å². The van der Waals surface area contributed by atoms with E-state index in [1.807, 2.05) is 43.3 Å². The number of amides is 1. The van der Waals surface area contributed by atoms with E-state index in [1.54, 1.807) is 11.3 Å². The normalized spacial score (nSPS) is 11.0. The number of thiazole rings is 1. The molecule has 4 aromatic rings. The molecule has 0 atom stereocenters. The summed E-state index contributed by atoms with van der Waals surface area (Å²) in [7, 11) is 0. The lowest BCUT2D eigenvalue weighted by atomic mass is 10.1. The number of hydrogen-bond donors (Lipinski definition) is 2. The van der Waals surface area contributed by atoms with Crippen LogP contribution in [-0.4, -0.2) is 20.9 Å². The molecule has 1 amide bonds. The van der Waals surface area contributed by atoms with Crippen LogP contribution in [0.3, 0.4) is 0 Å². The zero-order valence-corrected chi connectivity index (χ0v) is 15.4. The summed E-state index contributed by atoms with van der Waals surface area (Å²) < 4.78 is 0. The molecule has 130 valence electrons. The maximum absolute atomic E-state index is 12.5. The molecule has 2 aromatic heterocycles. The Bertz CT molecular complexity index is 1050. The van der Waals surface area contributed by atoms with Gasteiger partial charge in [-0.1, -0.05) is 42.0 Å². The summed E-state index contributed by atoms with van der Waals surface area (Å²) in [5, 5.41) is 3.80. The second kappa shape index (κ2) is 6.72. The summed E-state index contributed by atoms with van der Waals surface area (Å²) in [5.74, 6) is 0.357. The van der Waals surface area contributed by atoms with E-state index in [1.165, 1.54) is 5.56 Å². The lowest BCUT2D eigenvalue weighted by Crippen LogP contribution is -2.15. The number of para-hydroxylation sites is 2. The fourth-order valence-corrected chi connectivity index (χ4v) is 3.82. The topological polar surface area (TPSA) is 70.7 Å². The van der Waals surface area contributed by atoms with E-state index in [2.05, 4.69) is 39.3 Å². The molecular weight excluding hydrogens is 344 g/mol. The SMILES string of the molecule is Cc1ccc(-c2nc(C)sc2CC(=O)Nc2nc3ccccc3[nH]2)cc1. The van der Waals surface area contributed by atoms with Gasteiger partial charge in [-0.2, -0.15) is 0 Å². The minimum atomic E-state index is -0.110. The number of H-pyrrole nitrogens is 1. The molecule has 0 aliphatic carbocycles. The van der Waals surface area contributed by atoms with Gasteiger partial charge in [-0.05, 0) is 26.0 Å². The first-order chi connectivity index (χ1) is 12.6. The molecule has 0 saturated carbocycles. The number of aromatic amines is 1. The third-order valence-electron chi connectivity index (χ3n) is 4.10. The van der Waals surface area contributed by atoms with E-state index in [4.69, 9.17) is 0 Å². The standard InChI is InChI=1S/C20H18N4OS/c1-12-7-9-14(10-8-12)19-17(26-13(2)21-19)11-18(25)24-20-22-15-5-3-4-6-16(15)23-20/h3-10H,11H2,1-2H3,(H2,22,23,24,25). The lowest BCUT2D eigenvalue weighted by Gasteiger charge is -2.04. The van der Waals surface area contributed by atoms with Crippen LogP contribution < -0.4 is 5.32 Å². The zero-order valence-electron chi connectivity index (χ0n) is 14.5. The average molecular weight is 362 g/mol. The van der Waals surface area contributed by atoms with Crippen LogP contribution >= 0.6 is 11.3 Å². The number of imidazole rings is 1. The number of anilines is 1. The van der Waals surface area contributed by atoms with Crippen LogP contribution in [0.15, 0.2) is 48.5 Å². The fraction of sp³-hybridized carbons (Fsp3) is 0.150. The summed E-state index contributed by atoms with van der Waals surface area (Å²) in [5.41, 5.74) is 4.84. The smallest absolute Gasteiger partial charge is 0.232 e. The van der Waals surface area contributed by atoms with Crippen molar-refractivity contribution < 1.29 is 4.79 Å². The molecule has 26 heavy (non-hydrogen) atoms. The Morgan fingerprint density at radius 3 is 2.62 bits per heavy atom. The second-order valence-electron chi connectivity index (χ2n) is 6.20. The summed E-state index contributed by atoms with van der Waals surface area (Å²) in [6.45, 7) is 4.01. The van der Waals surface area contributed by atoms with Gasteiger partial charge in [0.25, 0.3) is 0 Å². The number of aromatic nitrogens is 3. The number of hydrogen-bond acceptors (Lipinski definition) is 4. The third-order valence-corrected chi connectivity index (χ3v) is 5.07. The molecule has 2 aromatic carbocycles. The average Bonchev–Trinajstić information content (AvgIpc) is 3.18. The van der Waals surface area contributed by atoms with Crippen LogP contribution in [0.2, 0.25) is 0 Å². The van der Waals surface area contributed by atoms with Crippen LogP contribution in [0.4, 0.5) is 5.95 Å². The van der Waals surface area contributed by atoms with Crippen molar-refractivity contribution in [3.05, 3.63) is 64.0 Å². The van der Waals surface area contributed by atoms with Crippen LogP contribution in [0.1, 0.15) is 15.4 Å². The molecule has 5 nitrogen and oxygen atoms in total. The molecule has 0 aliphatic heterocycles. The molecule has 6 heteroatoms. The summed E-state index contributed by atoms with van der Waals surface area (Å²) in [6, 6.07) is 15.9. The molecule has 2 heterocycles. The molecule has 0 spiro atoms. The molecule has 0 aliphatic rings. The Morgan fingerprint density at radius 1 is 1.08 bits per heavy atom. The van der Waals surface area contributed by atoms with Crippen molar-refractivity contribution in [1.82, 2.24) is 15.0 Å². The number of benzene rings is 2. The Kier molecular flexibility index (Phi) is 4.26. The van der Waals surface area contributed by atoms with Crippen molar-refractivity contribution in [3.8, 4) is 11.3 Å². The molecule has 4 rings (SSSR count). The highest BCUT2D eigenvalue weighted by molar-refractivity contribution is 7.12. The number of aryl methyl sites for hydroxylation is 2. The van der Waals surface area contributed by atoms with E-state index in [9.17, 15) is 4.79 Å². The summed E-state index contributed by atoms with van der Waals surface area (Å²) >= 11 is 1.55.